The fraction of sp³-hybridized carbons (Fsp3) is 0.111. The van der Waals surface area contributed by atoms with Gasteiger partial charge in [-0.15, -0.1) is 0 Å². The van der Waals surface area contributed by atoms with Gasteiger partial charge in [-0.3, -0.25) is 9.67 Å². The van der Waals surface area contributed by atoms with Gasteiger partial charge in [0, 0.05) is 24.2 Å². The minimum absolute atomic E-state index is 0.484. The summed E-state index contributed by atoms with van der Waals surface area (Å²) < 4.78 is 1.67. The molecular formula is C9H8Cl2N4. The maximum atomic E-state index is 5.97. The highest BCUT2D eigenvalue weighted by molar-refractivity contribution is 6.35. The predicted molar refractivity (Wildman–Crippen MR) is 60.0 cm³/mol. The third-order valence-electron chi connectivity index (χ3n) is 1.93. The number of nitrogens with two attached hydrogens (primary N) is 1. The van der Waals surface area contributed by atoms with Crippen molar-refractivity contribution in [2.45, 2.75) is 6.54 Å². The molecule has 0 saturated heterocycles. The van der Waals surface area contributed by atoms with Gasteiger partial charge in [0.15, 0.2) is 0 Å². The molecule has 0 unspecified atom stereocenters. The van der Waals surface area contributed by atoms with Crippen LogP contribution < -0.4 is 5.73 Å². The van der Waals surface area contributed by atoms with Crippen LogP contribution in [0.25, 0.3) is 0 Å². The van der Waals surface area contributed by atoms with Gasteiger partial charge in [-0.05, 0) is 0 Å². The minimum atomic E-state index is 0.484. The lowest BCUT2D eigenvalue weighted by atomic mass is 10.2. The van der Waals surface area contributed by atoms with Gasteiger partial charge in [0.05, 0.1) is 28.5 Å². The molecule has 4 nitrogen and oxygen atoms in total. The third-order valence-corrected chi connectivity index (χ3v) is 2.58. The van der Waals surface area contributed by atoms with Crippen molar-refractivity contribution in [3.05, 3.63) is 40.4 Å². The van der Waals surface area contributed by atoms with Crippen molar-refractivity contribution in [1.29, 1.82) is 0 Å². The molecule has 0 aliphatic rings. The van der Waals surface area contributed by atoms with Gasteiger partial charge in [0.25, 0.3) is 0 Å². The van der Waals surface area contributed by atoms with Gasteiger partial charge >= 0.3 is 0 Å². The van der Waals surface area contributed by atoms with E-state index >= 15 is 0 Å². The summed E-state index contributed by atoms with van der Waals surface area (Å²) >= 11 is 11.9. The van der Waals surface area contributed by atoms with Gasteiger partial charge in [-0.25, -0.2) is 0 Å². The molecule has 2 N–H and O–H groups in total. The molecule has 0 aliphatic heterocycles. The molecule has 2 heterocycles. The summed E-state index contributed by atoms with van der Waals surface area (Å²) in [4.78, 5) is 3.87. The Hall–Kier alpha value is -1.26. The highest BCUT2D eigenvalue weighted by atomic mass is 35.5. The molecule has 6 heteroatoms. The first-order valence-corrected chi connectivity index (χ1v) is 4.98. The molecule has 2 aromatic rings. The standard InChI is InChI=1S/C9H8Cl2N4/c10-8-2-13-3-9(11)7(8)5-15-4-6(12)1-14-15/h1-4H,5,12H2. The van der Waals surface area contributed by atoms with Gasteiger partial charge in [0.1, 0.15) is 0 Å². The number of anilines is 1. The normalized spacial score (nSPS) is 10.5. The average molecular weight is 243 g/mol. The van der Waals surface area contributed by atoms with Crippen molar-refractivity contribution in [3.8, 4) is 0 Å². The molecule has 2 rings (SSSR count). The van der Waals surface area contributed by atoms with E-state index in [0.29, 0.717) is 22.3 Å². The monoisotopic (exact) mass is 242 g/mol. The van der Waals surface area contributed by atoms with E-state index in [1.807, 2.05) is 0 Å². The van der Waals surface area contributed by atoms with Crippen LogP contribution in [0.3, 0.4) is 0 Å². The number of hydrogen-bond donors (Lipinski definition) is 1. The van der Waals surface area contributed by atoms with Crippen molar-refractivity contribution in [2.24, 2.45) is 0 Å². The zero-order chi connectivity index (χ0) is 10.8. The summed E-state index contributed by atoms with van der Waals surface area (Å²) in [5.74, 6) is 0. The lowest BCUT2D eigenvalue weighted by Gasteiger charge is -2.05. The maximum absolute atomic E-state index is 5.97. The summed E-state index contributed by atoms with van der Waals surface area (Å²) in [5.41, 5.74) is 6.94. The predicted octanol–water partition coefficient (Wildman–Crippen LogP) is 2.22. The maximum Gasteiger partial charge on any atom is 0.0719 e. The van der Waals surface area contributed by atoms with Crippen molar-refractivity contribution < 1.29 is 0 Å². The molecule has 0 aromatic carbocycles. The van der Waals surface area contributed by atoms with E-state index in [4.69, 9.17) is 28.9 Å². The van der Waals surface area contributed by atoms with Crippen LogP contribution in [0.5, 0.6) is 0 Å². The number of pyridine rings is 1. The summed E-state index contributed by atoms with van der Waals surface area (Å²) in [7, 11) is 0. The molecule has 0 radical (unpaired) electrons. The summed E-state index contributed by atoms with van der Waals surface area (Å²) in [5, 5.41) is 5.10. The number of halogens is 2. The zero-order valence-corrected chi connectivity index (χ0v) is 9.20. The van der Waals surface area contributed by atoms with E-state index in [-0.39, 0.29) is 0 Å². The van der Waals surface area contributed by atoms with Crippen LogP contribution >= 0.6 is 23.2 Å². The Morgan fingerprint density at radius 3 is 2.40 bits per heavy atom. The third kappa shape index (κ3) is 2.22. The SMILES string of the molecule is Nc1cnn(Cc2c(Cl)cncc2Cl)c1. The largest absolute Gasteiger partial charge is 0.396 e. The molecular weight excluding hydrogens is 235 g/mol. The second kappa shape index (κ2) is 4.08. The molecule has 2 aromatic heterocycles. The van der Waals surface area contributed by atoms with Crippen LogP contribution in [0.15, 0.2) is 24.8 Å². The average Bonchev–Trinajstić information content (AvgIpc) is 2.58. The highest BCUT2D eigenvalue weighted by Crippen LogP contribution is 2.23. The molecule has 15 heavy (non-hydrogen) atoms. The first-order valence-electron chi connectivity index (χ1n) is 4.22. The van der Waals surface area contributed by atoms with Crippen LogP contribution in [-0.4, -0.2) is 14.8 Å². The number of aromatic nitrogens is 3. The Balaban J connectivity index is 2.31. The Morgan fingerprint density at radius 2 is 1.87 bits per heavy atom. The Morgan fingerprint density at radius 1 is 1.20 bits per heavy atom. The van der Waals surface area contributed by atoms with E-state index < -0.39 is 0 Å². The van der Waals surface area contributed by atoms with E-state index in [1.165, 1.54) is 0 Å². The summed E-state index contributed by atoms with van der Waals surface area (Å²) in [6, 6.07) is 0. The number of hydrogen-bond acceptors (Lipinski definition) is 3. The fourth-order valence-electron chi connectivity index (χ4n) is 1.22. The molecule has 0 atom stereocenters. The van der Waals surface area contributed by atoms with Crippen molar-refractivity contribution in [2.75, 3.05) is 5.73 Å². The van der Waals surface area contributed by atoms with Gasteiger partial charge in [-0.2, -0.15) is 5.10 Å². The van der Waals surface area contributed by atoms with Crippen molar-refractivity contribution in [1.82, 2.24) is 14.8 Å². The molecule has 0 bridgehead atoms. The zero-order valence-electron chi connectivity index (χ0n) is 7.69. The molecule has 0 amide bonds. The van der Waals surface area contributed by atoms with Crippen LogP contribution in [0.4, 0.5) is 5.69 Å². The van der Waals surface area contributed by atoms with Crippen LogP contribution in [0, 0.1) is 0 Å². The van der Waals surface area contributed by atoms with Crippen LogP contribution in [-0.2, 0) is 6.54 Å². The summed E-state index contributed by atoms with van der Waals surface area (Å²) in [6.07, 6.45) is 6.39. The van der Waals surface area contributed by atoms with Crippen molar-refractivity contribution in [3.63, 3.8) is 0 Å². The van der Waals surface area contributed by atoms with Crippen molar-refractivity contribution >= 4 is 28.9 Å². The topological polar surface area (TPSA) is 56.7 Å². The lowest BCUT2D eigenvalue weighted by Crippen LogP contribution is -2.01. The Bertz CT molecular complexity index is 460. The molecule has 0 aliphatic carbocycles. The number of nitrogens with zero attached hydrogens (tertiary/aromatic N) is 3. The van der Waals surface area contributed by atoms with Gasteiger partial charge < -0.3 is 5.73 Å². The number of nitrogen functional groups attached to an aromatic ring is 1. The second-order valence-corrected chi connectivity index (χ2v) is 3.87. The van der Waals surface area contributed by atoms with E-state index in [2.05, 4.69) is 10.1 Å². The van der Waals surface area contributed by atoms with E-state index in [0.717, 1.165) is 5.56 Å². The smallest absolute Gasteiger partial charge is 0.0719 e. The quantitative estimate of drug-likeness (QED) is 0.879. The molecule has 0 saturated carbocycles. The Kier molecular flexibility index (Phi) is 2.79. The molecule has 78 valence electrons. The lowest BCUT2D eigenvalue weighted by molar-refractivity contribution is 0.686. The van der Waals surface area contributed by atoms with E-state index in [1.54, 1.807) is 29.5 Å². The van der Waals surface area contributed by atoms with Crippen LogP contribution in [0.1, 0.15) is 5.56 Å². The number of rotatable bonds is 2. The fourth-order valence-corrected chi connectivity index (χ4v) is 1.70. The summed E-state index contributed by atoms with van der Waals surface area (Å²) in [6.45, 7) is 0.484. The molecule has 0 fully saturated rings. The second-order valence-electron chi connectivity index (χ2n) is 3.05. The first kappa shape index (κ1) is 10.3. The minimum Gasteiger partial charge on any atom is -0.396 e. The first-order chi connectivity index (χ1) is 7.16. The van der Waals surface area contributed by atoms with Gasteiger partial charge in [-0.1, -0.05) is 23.2 Å². The molecule has 0 spiro atoms. The van der Waals surface area contributed by atoms with E-state index in [9.17, 15) is 0 Å². The van der Waals surface area contributed by atoms with Gasteiger partial charge in [0.2, 0.25) is 0 Å². The Labute approximate surface area is 96.6 Å². The van der Waals surface area contributed by atoms with Crippen LogP contribution in [0.2, 0.25) is 10.0 Å². The highest BCUT2D eigenvalue weighted by Gasteiger charge is 2.07.